The summed E-state index contributed by atoms with van der Waals surface area (Å²) in [6, 6.07) is 5.81. The number of halogens is 6. The van der Waals surface area contributed by atoms with E-state index in [-0.39, 0.29) is 6.15 Å². The first-order valence-corrected chi connectivity index (χ1v) is 9.08. The number of hydrogen-bond donors (Lipinski definition) is 0. The molecule has 83 valence electrons. The average Bonchev–Trinajstić information content (AvgIpc) is 1.80. The van der Waals surface area contributed by atoms with E-state index in [1.54, 1.807) is 12.1 Å². The molecule has 0 aliphatic carbocycles. The molecule has 0 aliphatic heterocycles. The molecular formula is C6H4Cl6CrN-2. The van der Waals surface area contributed by atoms with E-state index in [1.165, 1.54) is 0 Å². The molecule has 0 aromatic heterocycles. The largest absolute Gasteiger partial charge is 0.693 e. The Morgan fingerprint density at radius 2 is 1.21 bits per heavy atom. The molecule has 1 nitrogen and oxygen atoms in total. The van der Waals surface area contributed by atoms with Crippen LogP contribution in [0, 0.1) is 6.07 Å². The second-order valence-corrected chi connectivity index (χ2v) is 9.24. The number of benzene rings is 1. The summed E-state index contributed by atoms with van der Waals surface area (Å²) in [6.07, 6.45) is 0. The fraction of sp³-hybridized carbons (Fsp3) is 0. The molecule has 0 saturated carbocycles. The summed E-state index contributed by atoms with van der Waals surface area (Å²) in [5.74, 6) is 0. The Hall–Kier alpha value is 1.45. The molecule has 2 N–H and O–H groups in total. The van der Waals surface area contributed by atoms with Crippen LogP contribution in [0.2, 0.25) is 15.1 Å². The molecule has 0 saturated heterocycles. The number of rotatable bonds is 0. The van der Waals surface area contributed by atoms with E-state index in [2.05, 4.69) is 6.07 Å². The predicted octanol–water partition coefficient (Wildman–Crippen LogP) is 6.23. The van der Waals surface area contributed by atoms with Crippen molar-refractivity contribution < 1.29 is 11.4 Å². The summed E-state index contributed by atoms with van der Waals surface area (Å²) in [4.78, 5) is 0. The summed E-state index contributed by atoms with van der Waals surface area (Å²) < 4.78 is 0. The van der Waals surface area contributed by atoms with Crippen LogP contribution in [-0.4, -0.2) is 0 Å². The SMILES string of the molecule is Clc1[c-]c(Cl)cc(Cl)c1.[Cl][Cr]([Cl])[Cl].[NH2-]. The molecule has 1 rings (SSSR count). The molecule has 1 aromatic carbocycles. The van der Waals surface area contributed by atoms with Crippen molar-refractivity contribution in [1.29, 1.82) is 0 Å². The van der Waals surface area contributed by atoms with Gasteiger partial charge in [-0.25, -0.2) is 0 Å². The van der Waals surface area contributed by atoms with Crippen molar-refractivity contribution >= 4 is 65.0 Å². The van der Waals surface area contributed by atoms with Crippen molar-refractivity contribution in [2.45, 2.75) is 0 Å². The quantitative estimate of drug-likeness (QED) is 0.495. The van der Waals surface area contributed by atoms with Crippen LogP contribution >= 0.6 is 65.0 Å². The fourth-order valence-corrected chi connectivity index (χ4v) is 1.29. The molecule has 0 spiro atoms. The van der Waals surface area contributed by atoms with Crippen molar-refractivity contribution in [3.63, 3.8) is 0 Å². The molecular weight excluding hydrogens is 351 g/mol. The first-order valence-electron chi connectivity index (χ1n) is 2.68. The molecule has 0 fully saturated rings. The molecule has 0 atom stereocenters. The van der Waals surface area contributed by atoms with Gasteiger partial charge in [0.15, 0.2) is 0 Å². The summed E-state index contributed by atoms with van der Waals surface area (Å²) >= 11 is 15.0. The molecule has 1 aromatic rings. The van der Waals surface area contributed by atoms with Gasteiger partial charge >= 0.3 is 41.5 Å². The smallest absolute Gasteiger partial charge is 0.693 e. The van der Waals surface area contributed by atoms with Crippen molar-refractivity contribution in [3.05, 3.63) is 39.4 Å². The Kier molecular flexibility index (Phi) is 12.3. The van der Waals surface area contributed by atoms with Crippen LogP contribution in [0.15, 0.2) is 12.1 Å². The summed E-state index contributed by atoms with van der Waals surface area (Å²) in [5.41, 5.74) is 0. The van der Waals surface area contributed by atoms with Gasteiger partial charge < -0.3 is 6.15 Å². The van der Waals surface area contributed by atoms with E-state index < -0.39 is 11.4 Å². The van der Waals surface area contributed by atoms with E-state index >= 15 is 0 Å². The maximum absolute atomic E-state index is 5.56. The molecule has 0 unspecified atom stereocenters. The van der Waals surface area contributed by atoms with Gasteiger partial charge in [-0.05, 0) is 0 Å². The maximum Gasteiger partial charge on any atom is -0.693 e. The van der Waals surface area contributed by atoms with Crippen molar-refractivity contribution in [2.75, 3.05) is 0 Å². The van der Waals surface area contributed by atoms with Crippen molar-refractivity contribution in [2.24, 2.45) is 0 Å². The first-order chi connectivity index (χ1) is 5.91. The minimum absolute atomic E-state index is 0. The summed E-state index contributed by atoms with van der Waals surface area (Å²) in [6.45, 7) is 0. The van der Waals surface area contributed by atoms with Gasteiger partial charge in [0, 0.05) is 0 Å². The van der Waals surface area contributed by atoms with Crippen LogP contribution in [0.25, 0.3) is 6.15 Å². The van der Waals surface area contributed by atoms with Gasteiger partial charge in [-0.2, -0.15) is 0 Å². The fourth-order valence-electron chi connectivity index (χ4n) is 0.470. The second kappa shape index (κ2) is 9.66. The van der Waals surface area contributed by atoms with E-state index in [9.17, 15) is 0 Å². The topological polar surface area (TPSA) is 33.5 Å². The Bertz CT molecular complexity index is 215. The Morgan fingerprint density at radius 1 is 0.929 bits per heavy atom. The van der Waals surface area contributed by atoms with Gasteiger partial charge in [0.05, 0.1) is 0 Å². The van der Waals surface area contributed by atoms with Gasteiger partial charge in [-0.1, -0.05) is 15.1 Å². The Morgan fingerprint density at radius 3 is 1.43 bits per heavy atom. The minimum atomic E-state index is -1.62. The van der Waals surface area contributed by atoms with Crippen molar-refractivity contribution in [1.82, 2.24) is 0 Å². The predicted molar refractivity (Wildman–Crippen MR) is 63.2 cm³/mol. The molecule has 0 bridgehead atoms. The third kappa shape index (κ3) is 11.5. The minimum Gasteiger partial charge on any atom is -0.693 e. The number of nitrogens with two attached hydrogens (primary N) is 1. The van der Waals surface area contributed by atoms with E-state index in [0.29, 0.717) is 15.1 Å². The van der Waals surface area contributed by atoms with E-state index in [4.69, 9.17) is 65.0 Å². The van der Waals surface area contributed by atoms with Crippen LogP contribution in [0.1, 0.15) is 0 Å². The zero-order chi connectivity index (χ0) is 10.4. The molecule has 0 radical (unpaired) electrons. The monoisotopic (exact) mass is 352 g/mol. The van der Waals surface area contributed by atoms with Crippen LogP contribution in [0.3, 0.4) is 0 Å². The molecule has 0 amide bonds. The van der Waals surface area contributed by atoms with Crippen molar-refractivity contribution in [3.8, 4) is 0 Å². The third-order valence-electron chi connectivity index (χ3n) is 0.768. The molecule has 0 heterocycles. The second-order valence-electron chi connectivity index (χ2n) is 1.67. The van der Waals surface area contributed by atoms with E-state index in [0.717, 1.165) is 0 Å². The van der Waals surface area contributed by atoms with Crippen LogP contribution < -0.4 is 0 Å². The summed E-state index contributed by atoms with van der Waals surface area (Å²) in [5, 5.41) is 1.41. The molecule has 8 heteroatoms. The summed E-state index contributed by atoms with van der Waals surface area (Å²) in [7, 11) is 14.8. The molecule has 0 aliphatic rings. The zero-order valence-electron chi connectivity index (χ0n) is 6.41. The standard InChI is InChI=1S/C6H2Cl3.3ClH.Cr.H2N/c7-4-1-5(8)3-6(9)2-4;;;;;/h1-2H;3*1H;;1H2/q-1;;;;+3;-1/p-3. The van der Waals surface area contributed by atoms with Gasteiger partial charge in [0.2, 0.25) is 0 Å². The maximum atomic E-state index is 5.56. The van der Waals surface area contributed by atoms with Gasteiger partial charge in [-0.15, -0.1) is 53.0 Å². The Balaban J connectivity index is 0. The third-order valence-corrected chi connectivity index (χ3v) is 1.39. The van der Waals surface area contributed by atoms with Gasteiger partial charge in [0.1, 0.15) is 0 Å². The normalized spacial score (nSPS) is 8.79. The zero-order valence-corrected chi connectivity index (χ0v) is 12.2. The average molecular weight is 355 g/mol. The molecule has 14 heavy (non-hydrogen) atoms. The van der Waals surface area contributed by atoms with Gasteiger partial charge in [0.25, 0.3) is 0 Å². The Labute approximate surface area is 115 Å². The van der Waals surface area contributed by atoms with Crippen LogP contribution in [-0.2, 0) is 11.4 Å². The van der Waals surface area contributed by atoms with Crippen LogP contribution in [0.4, 0.5) is 0 Å². The van der Waals surface area contributed by atoms with E-state index in [1.807, 2.05) is 0 Å². The number of hydrogen-bond acceptors (Lipinski definition) is 0. The first kappa shape index (κ1) is 17.8. The van der Waals surface area contributed by atoms with Crippen LogP contribution in [0.5, 0.6) is 0 Å². The van der Waals surface area contributed by atoms with Gasteiger partial charge in [-0.3, -0.25) is 0 Å².